The number of rotatable bonds is 0. The highest BCUT2D eigenvalue weighted by Crippen LogP contribution is 2.28. The van der Waals surface area contributed by atoms with Gasteiger partial charge in [-0.05, 0) is 17.9 Å². The first-order chi connectivity index (χ1) is 3.72. The van der Waals surface area contributed by atoms with Gasteiger partial charge in [0.25, 0.3) is 0 Å². The molecule has 0 aliphatic carbocycles. The summed E-state index contributed by atoms with van der Waals surface area (Å²) in [6.45, 7) is 1.94. The fraction of sp³-hybridized carbons (Fsp3) is 0.200. The Morgan fingerprint density at radius 2 is 2.22 bits per heavy atom. The number of hydrogen-bond acceptors (Lipinski definition) is 2. The summed E-state index contributed by atoms with van der Waals surface area (Å²) in [4.78, 5) is 0. The van der Waals surface area contributed by atoms with Crippen LogP contribution in [0.2, 0.25) is 4.34 Å². The lowest BCUT2D eigenvalue weighted by Crippen LogP contribution is -1.82. The van der Waals surface area contributed by atoms with Gasteiger partial charge in [0.05, 0.1) is 5.69 Å². The highest BCUT2D eigenvalue weighted by atomic mass is 35.5. The molecule has 0 radical (unpaired) electrons. The molecule has 9 heavy (non-hydrogen) atoms. The van der Waals surface area contributed by atoms with E-state index in [1.165, 1.54) is 11.3 Å². The molecule has 1 heterocycles. The molecule has 0 atom stereocenters. The van der Waals surface area contributed by atoms with Gasteiger partial charge in [-0.25, -0.2) is 0 Å². The fourth-order valence-electron chi connectivity index (χ4n) is 0.422. The minimum absolute atomic E-state index is 0. The van der Waals surface area contributed by atoms with E-state index < -0.39 is 0 Å². The van der Waals surface area contributed by atoms with Gasteiger partial charge in [0.15, 0.2) is 0 Å². The number of aryl methyl sites for hydroxylation is 1. The molecule has 0 saturated carbocycles. The minimum atomic E-state index is 0. The van der Waals surface area contributed by atoms with Crippen molar-refractivity contribution in [2.75, 3.05) is 5.73 Å². The first-order valence-corrected chi connectivity index (χ1v) is 3.46. The quantitative estimate of drug-likeness (QED) is 0.659. The van der Waals surface area contributed by atoms with Crippen LogP contribution in [-0.2, 0) is 0 Å². The third-order valence-electron chi connectivity index (χ3n) is 0.976. The molecule has 52 valence electrons. The van der Waals surface area contributed by atoms with Crippen molar-refractivity contribution in [2.45, 2.75) is 6.92 Å². The summed E-state index contributed by atoms with van der Waals surface area (Å²) >= 11 is 7.09. The van der Waals surface area contributed by atoms with Crippen LogP contribution in [0.4, 0.5) is 5.69 Å². The predicted octanol–water partition coefficient (Wildman–Crippen LogP) is 2.71. The number of anilines is 1. The predicted molar refractivity (Wildman–Crippen MR) is 45.7 cm³/mol. The molecule has 0 aliphatic heterocycles. The Morgan fingerprint density at radius 1 is 1.67 bits per heavy atom. The number of thiophene rings is 1. The Morgan fingerprint density at radius 3 is 2.33 bits per heavy atom. The molecule has 0 spiro atoms. The molecular formula is C5H7Cl2NS. The lowest BCUT2D eigenvalue weighted by atomic mass is 10.3. The molecule has 0 unspecified atom stereocenters. The maximum Gasteiger partial charge on any atom is 0.116 e. The molecule has 0 bridgehead atoms. The Kier molecular flexibility index (Phi) is 3.33. The molecular weight excluding hydrogens is 177 g/mol. The Balaban J connectivity index is 0.000000640. The van der Waals surface area contributed by atoms with Crippen LogP contribution in [0.5, 0.6) is 0 Å². The summed E-state index contributed by atoms with van der Waals surface area (Å²) in [6.07, 6.45) is 0. The van der Waals surface area contributed by atoms with Crippen molar-refractivity contribution in [2.24, 2.45) is 0 Å². The molecule has 0 aromatic carbocycles. The van der Waals surface area contributed by atoms with E-state index >= 15 is 0 Å². The van der Waals surface area contributed by atoms with Crippen molar-refractivity contribution in [3.05, 3.63) is 15.3 Å². The summed E-state index contributed by atoms with van der Waals surface area (Å²) in [5, 5.41) is 1.94. The van der Waals surface area contributed by atoms with E-state index in [4.69, 9.17) is 17.3 Å². The van der Waals surface area contributed by atoms with E-state index in [0.29, 0.717) is 4.34 Å². The second kappa shape index (κ2) is 3.30. The van der Waals surface area contributed by atoms with Crippen molar-refractivity contribution in [1.29, 1.82) is 0 Å². The lowest BCUT2D eigenvalue weighted by Gasteiger charge is -1.85. The molecule has 1 aromatic rings. The maximum absolute atomic E-state index is 5.62. The van der Waals surface area contributed by atoms with Gasteiger partial charge in [-0.3, -0.25) is 0 Å². The summed E-state index contributed by atoms with van der Waals surface area (Å²) in [6, 6.07) is 0. The topological polar surface area (TPSA) is 26.0 Å². The zero-order valence-corrected chi connectivity index (χ0v) is 7.24. The van der Waals surface area contributed by atoms with Gasteiger partial charge in [0, 0.05) is 0 Å². The molecule has 0 amide bonds. The van der Waals surface area contributed by atoms with E-state index in [1.807, 2.05) is 12.3 Å². The van der Waals surface area contributed by atoms with Crippen LogP contribution in [0.25, 0.3) is 0 Å². The van der Waals surface area contributed by atoms with Gasteiger partial charge in [-0.15, -0.1) is 23.7 Å². The van der Waals surface area contributed by atoms with Crippen molar-refractivity contribution in [3.8, 4) is 0 Å². The van der Waals surface area contributed by atoms with E-state index in [-0.39, 0.29) is 12.4 Å². The zero-order valence-electron chi connectivity index (χ0n) is 4.85. The van der Waals surface area contributed by atoms with Gasteiger partial charge in [-0.2, -0.15) is 0 Å². The average molecular weight is 184 g/mol. The van der Waals surface area contributed by atoms with Gasteiger partial charge < -0.3 is 5.73 Å². The van der Waals surface area contributed by atoms with E-state index in [0.717, 1.165) is 11.3 Å². The lowest BCUT2D eigenvalue weighted by molar-refractivity contribution is 1.55. The largest absolute Gasteiger partial charge is 0.397 e. The first-order valence-electron chi connectivity index (χ1n) is 2.21. The van der Waals surface area contributed by atoms with Crippen LogP contribution < -0.4 is 5.73 Å². The third-order valence-corrected chi connectivity index (χ3v) is 2.34. The number of hydrogen-bond donors (Lipinski definition) is 1. The smallest absolute Gasteiger partial charge is 0.116 e. The third kappa shape index (κ3) is 1.75. The Bertz CT molecular complexity index is 177. The molecule has 0 saturated heterocycles. The van der Waals surface area contributed by atoms with E-state index in [9.17, 15) is 0 Å². The van der Waals surface area contributed by atoms with Crippen LogP contribution in [0, 0.1) is 6.92 Å². The van der Waals surface area contributed by atoms with Gasteiger partial charge in [0.1, 0.15) is 4.34 Å². The minimum Gasteiger partial charge on any atom is -0.397 e. The van der Waals surface area contributed by atoms with Crippen LogP contribution in [0.1, 0.15) is 5.56 Å². The number of nitrogen functional groups attached to an aromatic ring is 1. The van der Waals surface area contributed by atoms with Crippen molar-refractivity contribution < 1.29 is 0 Å². The van der Waals surface area contributed by atoms with Crippen molar-refractivity contribution in [1.82, 2.24) is 0 Å². The number of nitrogens with two attached hydrogens (primary N) is 1. The molecule has 0 fully saturated rings. The molecule has 0 aliphatic rings. The average Bonchev–Trinajstić information content (AvgIpc) is 1.98. The highest BCUT2D eigenvalue weighted by Gasteiger charge is 1.98. The number of halogens is 2. The SMILES string of the molecule is Cc1csc(Cl)c1N.Cl. The molecule has 4 heteroatoms. The van der Waals surface area contributed by atoms with Crippen LogP contribution >= 0.6 is 35.3 Å². The Labute approximate surface area is 69.2 Å². The highest BCUT2D eigenvalue weighted by molar-refractivity contribution is 7.15. The maximum atomic E-state index is 5.62. The summed E-state index contributed by atoms with van der Waals surface area (Å²) in [5.74, 6) is 0. The fourth-order valence-corrected chi connectivity index (χ4v) is 1.40. The molecule has 1 nitrogen and oxygen atoms in total. The molecule has 1 rings (SSSR count). The normalized spacial score (nSPS) is 8.67. The second-order valence-electron chi connectivity index (χ2n) is 1.61. The molecule has 1 aromatic heterocycles. The van der Waals surface area contributed by atoms with E-state index in [1.54, 1.807) is 0 Å². The second-order valence-corrected chi connectivity index (χ2v) is 3.09. The van der Waals surface area contributed by atoms with Crippen molar-refractivity contribution in [3.63, 3.8) is 0 Å². The van der Waals surface area contributed by atoms with Crippen LogP contribution in [0.3, 0.4) is 0 Å². The van der Waals surface area contributed by atoms with Crippen LogP contribution in [0.15, 0.2) is 5.38 Å². The van der Waals surface area contributed by atoms with Gasteiger partial charge >= 0.3 is 0 Å². The monoisotopic (exact) mass is 183 g/mol. The summed E-state index contributed by atoms with van der Waals surface area (Å²) in [5.41, 5.74) is 7.27. The first kappa shape index (κ1) is 9.08. The summed E-state index contributed by atoms with van der Waals surface area (Å²) in [7, 11) is 0. The van der Waals surface area contributed by atoms with Crippen LogP contribution in [-0.4, -0.2) is 0 Å². The van der Waals surface area contributed by atoms with Gasteiger partial charge in [-0.1, -0.05) is 11.6 Å². The van der Waals surface area contributed by atoms with Crippen molar-refractivity contribution >= 4 is 41.0 Å². The summed E-state index contributed by atoms with van der Waals surface area (Å²) < 4.78 is 0.697. The zero-order chi connectivity index (χ0) is 6.15. The molecule has 2 N–H and O–H groups in total. The Hall–Kier alpha value is 0.0800. The van der Waals surface area contributed by atoms with E-state index in [2.05, 4.69) is 0 Å². The van der Waals surface area contributed by atoms with Gasteiger partial charge in [0.2, 0.25) is 0 Å². The standard InChI is InChI=1S/C5H6ClNS.ClH/c1-3-2-8-5(6)4(3)7;/h2H,7H2,1H3;1H.